The summed E-state index contributed by atoms with van der Waals surface area (Å²) in [6.07, 6.45) is 8.30. The average Bonchev–Trinajstić information content (AvgIpc) is 3.22. The largest absolute Gasteiger partial charge is 0.508 e. The molecule has 18 nitrogen and oxygen atoms in total. The number of hydrogen-bond donors (Lipinski definition) is 1. The van der Waals surface area contributed by atoms with Crippen molar-refractivity contribution in [3.63, 3.8) is 0 Å². The third kappa shape index (κ3) is 14.6. The van der Waals surface area contributed by atoms with E-state index in [0.717, 1.165) is 17.2 Å². The van der Waals surface area contributed by atoms with Gasteiger partial charge >= 0.3 is 17.9 Å². The topological polar surface area (TPSA) is 234 Å². The van der Waals surface area contributed by atoms with Crippen molar-refractivity contribution in [2.24, 2.45) is 16.3 Å². The molecule has 0 saturated carbocycles. The fourth-order valence-corrected chi connectivity index (χ4v) is 4.90. The summed E-state index contributed by atoms with van der Waals surface area (Å²) in [7, 11) is 6.33. The van der Waals surface area contributed by atoms with Gasteiger partial charge in [0, 0.05) is 12.5 Å². The maximum Gasteiger partial charge on any atom is 0.340 e. The van der Waals surface area contributed by atoms with Crippen molar-refractivity contribution in [3.05, 3.63) is 76.3 Å². The van der Waals surface area contributed by atoms with Crippen molar-refractivity contribution in [2.75, 3.05) is 55.2 Å². The number of methoxy groups -OCH3 is 3. The third-order valence-electron chi connectivity index (χ3n) is 8.04. The van der Waals surface area contributed by atoms with Crippen molar-refractivity contribution in [1.29, 1.82) is 0 Å². The first kappa shape index (κ1) is 51.1. The Balaban J connectivity index is 0.000000731. The van der Waals surface area contributed by atoms with Crippen LogP contribution in [0.1, 0.15) is 51.4 Å². The van der Waals surface area contributed by atoms with Gasteiger partial charge in [0.2, 0.25) is 5.24 Å². The number of phenols is 1. The molecule has 1 aliphatic heterocycles. The molecular weight excluding hydrogens is 772 g/mol. The van der Waals surface area contributed by atoms with Gasteiger partial charge in [0.15, 0.2) is 11.6 Å². The lowest BCUT2D eigenvalue weighted by Gasteiger charge is -2.53. The number of amides is 1. The van der Waals surface area contributed by atoms with Crippen LogP contribution in [-0.4, -0.2) is 122 Å². The number of hydrogen-bond acceptors (Lipinski definition) is 17. The molecule has 4 rings (SSSR count). The van der Waals surface area contributed by atoms with Crippen LogP contribution >= 0.6 is 11.6 Å². The van der Waals surface area contributed by atoms with Crippen molar-refractivity contribution < 1.29 is 62.6 Å². The van der Waals surface area contributed by atoms with E-state index in [2.05, 4.69) is 55.1 Å². The maximum absolute atomic E-state index is 11.8. The monoisotopic (exact) mass is 820 g/mol. The van der Waals surface area contributed by atoms with Crippen molar-refractivity contribution in [2.45, 2.75) is 46.6 Å². The van der Waals surface area contributed by atoms with Gasteiger partial charge in [-0.3, -0.25) is 24.0 Å². The second-order valence-electron chi connectivity index (χ2n) is 11.2. The summed E-state index contributed by atoms with van der Waals surface area (Å²) in [5.74, 6) is -3.39. The number of nitrogens with zero attached hydrogens (tertiary/aromatic N) is 4. The first-order valence-electron chi connectivity index (χ1n) is 17.2. The molecule has 3 aliphatic rings. The SMILES string of the molecule is CCC(=O)Cl.CCN(CC)CC.CO/N=C1\C=CC(=O)C=C1C(=O)OC.COC(=O)C1=CC(=O)C=CC12C(C)C(=O)N2OC.COC(=O)c1cc(O)ccc1N=O. The van der Waals surface area contributed by atoms with E-state index >= 15 is 0 Å². The molecule has 0 aromatic heterocycles. The van der Waals surface area contributed by atoms with Gasteiger partial charge in [0.1, 0.15) is 29.8 Å². The summed E-state index contributed by atoms with van der Waals surface area (Å²) in [4.78, 5) is 99.7. The summed E-state index contributed by atoms with van der Waals surface area (Å²) in [5, 5.41) is 16.0. The van der Waals surface area contributed by atoms with Gasteiger partial charge in [-0.15, -0.1) is 4.91 Å². The zero-order valence-corrected chi connectivity index (χ0v) is 34.3. The number of benzene rings is 1. The highest BCUT2D eigenvalue weighted by atomic mass is 35.5. The number of phenolic OH excluding ortho intramolecular Hbond substituents is 1. The fourth-order valence-electron chi connectivity index (χ4n) is 4.90. The van der Waals surface area contributed by atoms with Gasteiger partial charge in [-0.1, -0.05) is 39.8 Å². The van der Waals surface area contributed by atoms with E-state index < -0.39 is 29.4 Å². The zero-order valence-electron chi connectivity index (χ0n) is 33.5. The Labute approximate surface area is 335 Å². The molecule has 1 N–H and O–H groups in total. The number of ether oxygens (including phenoxy) is 3. The molecule has 312 valence electrons. The minimum atomic E-state index is -1.03. The van der Waals surface area contributed by atoms with Crippen LogP contribution in [0.3, 0.4) is 0 Å². The number of β-lactam (4-membered cyclic amide) rings is 1. The Bertz CT molecular complexity index is 1780. The van der Waals surface area contributed by atoms with E-state index in [-0.39, 0.29) is 56.6 Å². The molecular formula is C38H49ClN4O14. The van der Waals surface area contributed by atoms with E-state index in [0.29, 0.717) is 6.42 Å². The summed E-state index contributed by atoms with van der Waals surface area (Å²) in [6.45, 7) is 13.5. The zero-order chi connectivity index (χ0) is 43.9. The molecule has 1 saturated heterocycles. The van der Waals surface area contributed by atoms with Crippen LogP contribution in [0.2, 0.25) is 0 Å². The van der Waals surface area contributed by atoms with Gasteiger partial charge in [-0.2, -0.15) is 0 Å². The number of oxime groups is 1. The highest BCUT2D eigenvalue weighted by molar-refractivity contribution is 6.63. The minimum Gasteiger partial charge on any atom is -0.508 e. The number of aromatic hydroxyl groups is 1. The lowest BCUT2D eigenvalue weighted by Crippen LogP contribution is -2.70. The number of ketones is 2. The predicted molar refractivity (Wildman–Crippen MR) is 208 cm³/mol. The molecule has 0 bridgehead atoms. The first-order chi connectivity index (χ1) is 27.0. The van der Waals surface area contributed by atoms with Crippen LogP contribution in [0.15, 0.2) is 76.1 Å². The molecule has 0 radical (unpaired) electrons. The normalized spacial score (nSPS) is 18.0. The summed E-state index contributed by atoms with van der Waals surface area (Å²) in [5.41, 5.74) is -0.637. The van der Waals surface area contributed by atoms with Crippen LogP contribution in [0.5, 0.6) is 5.75 Å². The van der Waals surface area contributed by atoms with Crippen molar-refractivity contribution in [3.8, 4) is 5.75 Å². The standard InChI is InChI=1S/C12H13NO5.C9H9NO4.C8H7NO4.C6H15N.C3H5ClO/c1-7-10(15)13(18-3)12(7)5-4-8(14)6-9(12)11(16)17-2;1-13-9(12)7-5-6(11)3-4-8(7)10-14-2;1-13-8(11)6-4-5(10)2-3-7(6)9-12;1-4-7(5-2)6-3;1-2-3(4)5/h4-7H,1-3H3;3-5H,1-2H3;2-4,10H,1H3;4-6H2,1-3H3;2H2,1H3/b;10-8+;;;. The van der Waals surface area contributed by atoms with Gasteiger partial charge in [-0.25, -0.2) is 19.4 Å². The number of halogens is 1. The van der Waals surface area contributed by atoms with Crippen LogP contribution in [0.4, 0.5) is 5.69 Å². The predicted octanol–water partition coefficient (Wildman–Crippen LogP) is 4.32. The Morgan fingerprint density at radius 3 is 1.82 bits per heavy atom. The highest BCUT2D eigenvalue weighted by Crippen LogP contribution is 2.46. The summed E-state index contributed by atoms with van der Waals surface area (Å²) < 4.78 is 13.5. The van der Waals surface area contributed by atoms with E-state index in [1.165, 1.54) is 97.7 Å². The Kier molecular flexibility index (Phi) is 23.4. The maximum atomic E-state index is 11.8. The van der Waals surface area contributed by atoms with Gasteiger partial charge in [-0.05, 0) is 85.0 Å². The smallest absolute Gasteiger partial charge is 0.340 e. The van der Waals surface area contributed by atoms with Crippen LogP contribution in [0, 0.1) is 10.8 Å². The van der Waals surface area contributed by atoms with Gasteiger partial charge in [0.25, 0.3) is 5.91 Å². The Hall–Kier alpha value is -5.85. The summed E-state index contributed by atoms with van der Waals surface area (Å²) >= 11 is 4.82. The van der Waals surface area contributed by atoms with Crippen LogP contribution in [-0.2, 0) is 52.7 Å². The number of esters is 3. The minimum absolute atomic E-state index is 0.0440. The highest BCUT2D eigenvalue weighted by Gasteiger charge is 2.62. The van der Waals surface area contributed by atoms with E-state index in [1.807, 2.05) is 0 Å². The van der Waals surface area contributed by atoms with E-state index in [9.17, 15) is 38.5 Å². The number of hydroxylamine groups is 2. The molecule has 2 unspecified atom stereocenters. The van der Waals surface area contributed by atoms with Gasteiger partial charge < -0.3 is 29.1 Å². The number of allylic oxidation sites excluding steroid dienone is 5. The average molecular weight is 821 g/mol. The molecule has 1 aromatic carbocycles. The molecule has 19 heteroatoms. The van der Waals surface area contributed by atoms with Crippen LogP contribution < -0.4 is 0 Å². The molecule has 1 fully saturated rings. The van der Waals surface area contributed by atoms with E-state index in [4.69, 9.17) is 21.5 Å². The number of rotatable bonds is 10. The molecule has 1 heterocycles. The van der Waals surface area contributed by atoms with Crippen molar-refractivity contribution in [1.82, 2.24) is 9.96 Å². The number of carbonyl (C=O) groups is 7. The number of nitroso groups, excluding NO2 is 1. The Morgan fingerprint density at radius 2 is 1.39 bits per heavy atom. The first-order valence-corrected chi connectivity index (χ1v) is 17.6. The third-order valence-corrected chi connectivity index (χ3v) is 8.31. The molecule has 2 atom stereocenters. The molecule has 57 heavy (non-hydrogen) atoms. The second-order valence-corrected chi connectivity index (χ2v) is 11.6. The Morgan fingerprint density at radius 1 is 0.842 bits per heavy atom. The molecule has 1 spiro atoms. The quantitative estimate of drug-likeness (QED) is 0.0659. The van der Waals surface area contributed by atoms with Gasteiger partial charge in [0.05, 0.1) is 51.1 Å². The van der Waals surface area contributed by atoms with E-state index in [1.54, 1.807) is 13.8 Å². The molecule has 1 amide bonds. The molecule has 1 aromatic rings. The summed E-state index contributed by atoms with van der Waals surface area (Å²) in [6, 6.07) is 3.64. The van der Waals surface area contributed by atoms with Crippen LogP contribution in [0.25, 0.3) is 0 Å². The fraction of sp³-hybridized carbons (Fsp3) is 0.421. The lowest BCUT2D eigenvalue weighted by atomic mass is 9.68. The lowest BCUT2D eigenvalue weighted by molar-refractivity contribution is -0.242. The second kappa shape index (κ2) is 26.1. The van der Waals surface area contributed by atoms with Crippen molar-refractivity contribution >= 4 is 63.6 Å². The number of carbonyl (C=O) groups excluding carboxylic acids is 7. The molecule has 2 aliphatic carbocycles.